The van der Waals surface area contributed by atoms with Gasteiger partial charge in [-0.05, 0) is 32.9 Å². The third-order valence-corrected chi connectivity index (χ3v) is 6.22. The van der Waals surface area contributed by atoms with E-state index < -0.39 is 87.6 Å². The molecule has 41 heavy (non-hydrogen) atoms. The molecule has 244 valence electrons. The van der Waals surface area contributed by atoms with E-state index in [1.54, 1.807) is 20.0 Å². The molecule has 0 bridgehead atoms. The number of likely N-dealkylation sites (N-methyl/N-ethyl adjacent to an activating group) is 1. The fourth-order valence-electron chi connectivity index (χ4n) is 4.44. The van der Waals surface area contributed by atoms with Crippen molar-refractivity contribution in [3.63, 3.8) is 0 Å². The van der Waals surface area contributed by atoms with Gasteiger partial charge in [0.1, 0.15) is 35.8 Å². The second-order valence-electron chi connectivity index (χ2n) is 9.70. The third kappa shape index (κ3) is 12.9. The van der Waals surface area contributed by atoms with Crippen LogP contribution >= 0.6 is 0 Å². The van der Waals surface area contributed by atoms with E-state index in [0.29, 0.717) is 18.6 Å². The van der Waals surface area contributed by atoms with Crippen molar-refractivity contribution in [1.29, 1.82) is 0 Å². The van der Waals surface area contributed by atoms with E-state index in [1.807, 2.05) is 0 Å². The van der Waals surface area contributed by atoms with Crippen molar-refractivity contribution in [1.82, 2.24) is 5.32 Å². The zero-order valence-electron chi connectivity index (χ0n) is 22.2. The standard InChI is InChI=1S/C19H37N5O7.2H2O4S/c1-19(27)7-28-18(13(26)16(19)24-2)31-15-11(23)5-10(22)14(12(15)25)30-17-9(21)4-3-8(6-20)29-17;2*1-5(2,3)4/h3,9-18,24-27H,4-7,20-23H2,1-2H3;2*(H2,1,2,3,4)/t9-,10+,11-,12+,13-,14-,15+,16-,17-,18-,19+;;/m1../s1. The summed E-state index contributed by atoms with van der Waals surface area (Å²) in [5.41, 5.74) is 22.9. The molecule has 20 nitrogen and oxygen atoms in total. The van der Waals surface area contributed by atoms with Gasteiger partial charge in [0, 0.05) is 12.1 Å². The monoisotopic (exact) mass is 643 g/mol. The van der Waals surface area contributed by atoms with Crippen LogP contribution in [0.4, 0.5) is 0 Å². The van der Waals surface area contributed by atoms with E-state index in [4.69, 9.17) is 76.9 Å². The van der Waals surface area contributed by atoms with Crippen LogP contribution < -0.4 is 28.3 Å². The molecule has 1 saturated carbocycles. The smallest absolute Gasteiger partial charge is 0.394 e. The molecule has 3 rings (SSSR count). The van der Waals surface area contributed by atoms with Gasteiger partial charge in [0.15, 0.2) is 6.29 Å². The van der Waals surface area contributed by atoms with Crippen LogP contribution in [0.15, 0.2) is 11.8 Å². The molecule has 3 aliphatic rings. The van der Waals surface area contributed by atoms with Gasteiger partial charge in [-0.3, -0.25) is 18.2 Å². The molecule has 0 aromatic carbocycles. The lowest BCUT2D eigenvalue weighted by Crippen LogP contribution is -2.68. The van der Waals surface area contributed by atoms with E-state index in [0.717, 1.165) is 0 Å². The van der Waals surface area contributed by atoms with Gasteiger partial charge in [-0.25, -0.2) is 0 Å². The lowest BCUT2D eigenvalue weighted by atomic mass is 9.84. The first-order valence-corrected chi connectivity index (χ1v) is 14.8. The first kappa shape index (κ1) is 37.9. The average molecular weight is 644 g/mol. The predicted octanol–water partition coefficient (Wildman–Crippen LogP) is -5.16. The summed E-state index contributed by atoms with van der Waals surface area (Å²) >= 11 is 0. The Balaban J connectivity index is 0.000000722. The molecule has 22 heteroatoms. The highest BCUT2D eigenvalue weighted by Gasteiger charge is 2.50. The molecule has 0 aromatic rings. The average Bonchev–Trinajstić information content (AvgIpc) is 2.79. The summed E-state index contributed by atoms with van der Waals surface area (Å²) in [4.78, 5) is 0. The molecule has 1 aliphatic carbocycles. The van der Waals surface area contributed by atoms with Crippen LogP contribution in [0, 0.1) is 0 Å². The second kappa shape index (κ2) is 15.5. The fourth-order valence-corrected chi connectivity index (χ4v) is 4.44. The number of nitrogens with one attached hydrogen (secondary N) is 1. The van der Waals surface area contributed by atoms with Crippen molar-refractivity contribution < 1.29 is 69.3 Å². The van der Waals surface area contributed by atoms with Crippen molar-refractivity contribution in [2.45, 2.75) is 86.5 Å². The van der Waals surface area contributed by atoms with Crippen molar-refractivity contribution in [3.8, 4) is 0 Å². The minimum Gasteiger partial charge on any atom is -0.467 e. The summed E-state index contributed by atoms with van der Waals surface area (Å²) in [6.45, 7) is 1.68. The maximum absolute atomic E-state index is 11.0. The van der Waals surface area contributed by atoms with Gasteiger partial charge in [-0.2, -0.15) is 16.8 Å². The molecule has 16 N–H and O–H groups in total. The molecule has 0 amide bonds. The van der Waals surface area contributed by atoms with Crippen molar-refractivity contribution >= 4 is 20.8 Å². The van der Waals surface area contributed by atoms with Gasteiger partial charge in [-0.15, -0.1) is 0 Å². The van der Waals surface area contributed by atoms with Gasteiger partial charge in [-0.1, -0.05) is 0 Å². The number of nitrogens with two attached hydrogens (primary N) is 4. The highest BCUT2D eigenvalue weighted by atomic mass is 32.3. The summed E-state index contributed by atoms with van der Waals surface area (Å²) in [6.07, 6.45) is -3.56. The van der Waals surface area contributed by atoms with Crippen molar-refractivity contribution in [3.05, 3.63) is 11.8 Å². The first-order chi connectivity index (χ1) is 18.6. The molecule has 1 saturated heterocycles. The quantitative estimate of drug-likeness (QED) is 0.120. The topological polar surface area (TPSA) is 363 Å². The summed E-state index contributed by atoms with van der Waals surface area (Å²) in [7, 11) is -7.72. The Morgan fingerprint density at radius 2 is 1.41 bits per heavy atom. The lowest BCUT2D eigenvalue weighted by Gasteiger charge is -2.48. The van der Waals surface area contributed by atoms with Crippen LogP contribution in [0.5, 0.6) is 0 Å². The Kier molecular flexibility index (Phi) is 14.3. The second-order valence-corrected chi connectivity index (χ2v) is 11.5. The normalized spacial score (nSPS) is 39.7. The SMILES string of the molecule is CN[C@@H]1[C@@H](O)[C@@H](O[C@@H]2[C@@H](O)[C@H](O[C@H]3OC(CN)=CC[C@H]3N)[C@@H](N)C[C@H]2N)OC[C@]1(C)O.O=S(=O)(O)O.O=S(=O)(O)O. The number of rotatable bonds is 6. The molecule has 0 radical (unpaired) electrons. The number of hydrogen-bond donors (Lipinski definition) is 12. The van der Waals surface area contributed by atoms with Gasteiger partial charge in [0.2, 0.25) is 6.29 Å². The predicted molar refractivity (Wildman–Crippen MR) is 138 cm³/mol. The minimum absolute atomic E-state index is 0.0727. The van der Waals surface area contributed by atoms with Gasteiger partial charge in [0.25, 0.3) is 0 Å². The molecule has 0 spiro atoms. The van der Waals surface area contributed by atoms with E-state index in [-0.39, 0.29) is 13.2 Å². The molecular formula is C19H41N5O15S2. The fraction of sp³-hybridized carbons (Fsp3) is 0.895. The maximum atomic E-state index is 11.0. The highest BCUT2D eigenvalue weighted by molar-refractivity contribution is 7.80. The number of aliphatic hydroxyl groups is 3. The zero-order valence-corrected chi connectivity index (χ0v) is 23.8. The Hall–Kier alpha value is -1.16. The van der Waals surface area contributed by atoms with E-state index in [1.165, 1.54) is 0 Å². The van der Waals surface area contributed by atoms with Crippen LogP contribution in [0.3, 0.4) is 0 Å². The number of hydrogen-bond acceptors (Lipinski definition) is 16. The summed E-state index contributed by atoms with van der Waals surface area (Å²) in [6, 6.07) is -2.37. The highest BCUT2D eigenvalue weighted by Crippen LogP contribution is 2.31. The molecule has 2 fully saturated rings. The molecule has 2 aliphatic heterocycles. The maximum Gasteiger partial charge on any atom is 0.394 e. The van der Waals surface area contributed by atoms with Crippen molar-refractivity contribution in [2.24, 2.45) is 22.9 Å². The van der Waals surface area contributed by atoms with Crippen LogP contribution in [0.2, 0.25) is 0 Å². The largest absolute Gasteiger partial charge is 0.467 e. The number of aliphatic hydroxyl groups excluding tert-OH is 2. The van der Waals surface area contributed by atoms with Gasteiger partial charge < -0.3 is 62.5 Å². The molecule has 11 atom stereocenters. The van der Waals surface area contributed by atoms with E-state index in [9.17, 15) is 15.3 Å². The van der Waals surface area contributed by atoms with Crippen molar-refractivity contribution in [2.75, 3.05) is 20.2 Å². The van der Waals surface area contributed by atoms with Gasteiger partial charge >= 0.3 is 20.8 Å². The molecular weight excluding hydrogens is 602 g/mol. The van der Waals surface area contributed by atoms with Gasteiger partial charge in [0.05, 0.1) is 25.2 Å². The Labute approximate surface area is 237 Å². The van der Waals surface area contributed by atoms with Crippen LogP contribution in [0.25, 0.3) is 0 Å². The third-order valence-electron chi connectivity index (χ3n) is 6.22. The van der Waals surface area contributed by atoms with E-state index in [2.05, 4.69) is 5.32 Å². The Morgan fingerprint density at radius 1 is 0.951 bits per heavy atom. The van der Waals surface area contributed by atoms with E-state index >= 15 is 0 Å². The first-order valence-electron chi connectivity index (χ1n) is 12.0. The van der Waals surface area contributed by atoms with Crippen LogP contribution in [-0.2, 0) is 39.7 Å². The van der Waals surface area contributed by atoms with Crippen LogP contribution in [-0.4, -0.2) is 137 Å². The summed E-state index contributed by atoms with van der Waals surface area (Å²) in [5.74, 6) is 0.555. The zero-order chi connectivity index (χ0) is 31.9. The summed E-state index contributed by atoms with van der Waals surface area (Å²) in [5, 5.41) is 34.9. The summed E-state index contributed by atoms with van der Waals surface area (Å²) < 4.78 is 86.2. The molecule has 2 heterocycles. The molecule has 0 aromatic heterocycles. The lowest BCUT2D eigenvalue weighted by molar-refractivity contribution is -0.303. The van der Waals surface area contributed by atoms with Crippen LogP contribution in [0.1, 0.15) is 19.8 Å². The minimum atomic E-state index is -4.67. The Bertz CT molecular complexity index is 1020. The number of ether oxygens (including phenoxy) is 4. The molecule has 0 unspecified atom stereocenters. The Morgan fingerprint density at radius 3 is 1.85 bits per heavy atom.